The van der Waals surface area contributed by atoms with Crippen molar-refractivity contribution in [2.45, 2.75) is 32.3 Å². The molecule has 1 heterocycles. The number of hydrogen-bond acceptors (Lipinski definition) is 3. The van der Waals surface area contributed by atoms with Crippen LogP contribution in [0.25, 0.3) is 0 Å². The van der Waals surface area contributed by atoms with Crippen molar-refractivity contribution >= 4 is 0 Å². The van der Waals surface area contributed by atoms with E-state index in [4.69, 9.17) is 0 Å². The van der Waals surface area contributed by atoms with Crippen molar-refractivity contribution in [3.8, 4) is 0 Å². The Hall–Kier alpha value is -0.900. The second-order valence-electron chi connectivity index (χ2n) is 2.56. The van der Waals surface area contributed by atoms with Crippen molar-refractivity contribution in [1.82, 2.24) is 15.4 Å². The lowest BCUT2D eigenvalue weighted by Gasteiger charge is -2.03. The fourth-order valence-electron chi connectivity index (χ4n) is 0.919. The van der Waals surface area contributed by atoms with Crippen molar-refractivity contribution in [1.29, 1.82) is 0 Å². The van der Waals surface area contributed by atoms with E-state index in [-0.39, 0.29) is 0 Å². The van der Waals surface area contributed by atoms with Gasteiger partial charge in [-0.1, -0.05) is 25.0 Å². The average Bonchev–Trinajstić information content (AvgIpc) is 2.52. The molecule has 4 heteroatoms. The average molecular weight is 155 g/mol. The molecule has 4 nitrogen and oxygen atoms in total. The first-order valence-corrected chi connectivity index (χ1v) is 3.89. The van der Waals surface area contributed by atoms with Gasteiger partial charge in [0.15, 0.2) is 0 Å². The van der Waals surface area contributed by atoms with Crippen molar-refractivity contribution in [3.05, 3.63) is 11.9 Å². The summed E-state index contributed by atoms with van der Waals surface area (Å²) in [6, 6.07) is 0. The number of aliphatic hydroxyl groups excluding tert-OH is 1. The summed E-state index contributed by atoms with van der Waals surface area (Å²) >= 11 is 0. The minimum atomic E-state index is -0.450. The van der Waals surface area contributed by atoms with E-state index in [0.717, 1.165) is 19.3 Å². The van der Waals surface area contributed by atoms with Gasteiger partial charge in [0, 0.05) is 6.20 Å². The lowest BCUT2D eigenvalue weighted by atomic mass is 10.1. The minimum Gasteiger partial charge on any atom is -0.387 e. The summed E-state index contributed by atoms with van der Waals surface area (Å²) in [7, 11) is 0. The van der Waals surface area contributed by atoms with Crippen LogP contribution in [0.1, 0.15) is 38.0 Å². The summed E-state index contributed by atoms with van der Waals surface area (Å²) in [6.07, 6.45) is 4.06. The summed E-state index contributed by atoms with van der Waals surface area (Å²) in [5.74, 6) is 0. The van der Waals surface area contributed by atoms with Crippen LogP contribution < -0.4 is 0 Å². The number of nitrogens with one attached hydrogen (secondary N) is 1. The second kappa shape index (κ2) is 4.08. The molecule has 0 spiro atoms. The predicted octanol–water partition coefficient (Wildman–Crippen LogP) is 1.03. The molecule has 62 valence electrons. The Morgan fingerprint density at radius 1 is 1.73 bits per heavy atom. The second-order valence-corrected chi connectivity index (χ2v) is 2.56. The van der Waals surface area contributed by atoms with Crippen molar-refractivity contribution in [3.63, 3.8) is 0 Å². The standard InChI is InChI=1S/C7H13N3O/c1-2-3-4-7(11)6-5-8-10-9-6/h5,7,11H,2-4H2,1H3,(H,8,9,10). The normalized spacial score (nSPS) is 13.3. The largest absolute Gasteiger partial charge is 0.387 e. The summed E-state index contributed by atoms with van der Waals surface area (Å²) in [5, 5.41) is 19.2. The van der Waals surface area contributed by atoms with E-state index in [9.17, 15) is 5.11 Å². The number of aliphatic hydroxyl groups is 1. The highest BCUT2D eigenvalue weighted by atomic mass is 16.3. The zero-order valence-electron chi connectivity index (χ0n) is 6.62. The maximum atomic E-state index is 9.42. The van der Waals surface area contributed by atoms with Crippen LogP contribution in [0.4, 0.5) is 0 Å². The van der Waals surface area contributed by atoms with E-state index in [1.807, 2.05) is 0 Å². The fourth-order valence-corrected chi connectivity index (χ4v) is 0.919. The third-order valence-electron chi connectivity index (χ3n) is 1.61. The Balaban J connectivity index is 2.36. The molecule has 0 aliphatic rings. The quantitative estimate of drug-likeness (QED) is 0.682. The molecule has 11 heavy (non-hydrogen) atoms. The third-order valence-corrected chi connectivity index (χ3v) is 1.61. The van der Waals surface area contributed by atoms with Gasteiger partial charge in [0.2, 0.25) is 0 Å². The van der Waals surface area contributed by atoms with Crippen LogP contribution in [-0.4, -0.2) is 20.5 Å². The van der Waals surface area contributed by atoms with Crippen molar-refractivity contribution in [2.24, 2.45) is 0 Å². The number of nitrogens with zero attached hydrogens (tertiary/aromatic N) is 2. The first kappa shape index (κ1) is 8.20. The fraction of sp³-hybridized carbons (Fsp3) is 0.714. The first-order chi connectivity index (χ1) is 5.34. The first-order valence-electron chi connectivity index (χ1n) is 3.89. The number of aromatic amines is 1. The maximum Gasteiger partial charge on any atom is 0.111 e. The van der Waals surface area contributed by atoms with Gasteiger partial charge < -0.3 is 5.11 Å². The molecule has 0 saturated carbocycles. The van der Waals surface area contributed by atoms with Gasteiger partial charge in [0.25, 0.3) is 0 Å². The van der Waals surface area contributed by atoms with Crippen LogP contribution in [-0.2, 0) is 0 Å². The number of unbranched alkanes of at least 4 members (excludes halogenated alkanes) is 1. The molecule has 0 bridgehead atoms. The Bertz CT molecular complexity index is 186. The van der Waals surface area contributed by atoms with Gasteiger partial charge >= 0.3 is 0 Å². The molecule has 0 fully saturated rings. The van der Waals surface area contributed by atoms with Gasteiger partial charge in [-0.25, -0.2) is 0 Å². The summed E-state index contributed by atoms with van der Waals surface area (Å²) in [6.45, 7) is 2.09. The Morgan fingerprint density at radius 2 is 2.55 bits per heavy atom. The number of rotatable bonds is 4. The van der Waals surface area contributed by atoms with Crippen molar-refractivity contribution in [2.75, 3.05) is 0 Å². The van der Waals surface area contributed by atoms with E-state index in [0.29, 0.717) is 5.69 Å². The van der Waals surface area contributed by atoms with E-state index < -0.39 is 6.10 Å². The molecule has 0 aliphatic carbocycles. The molecule has 0 radical (unpaired) electrons. The van der Waals surface area contributed by atoms with Gasteiger partial charge in [-0.05, 0) is 6.42 Å². The van der Waals surface area contributed by atoms with E-state index in [1.165, 1.54) is 0 Å². The van der Waals surface area contributed by atoms with Gasteiger partial charge in [-0.15, -0.1) is 5.10 Å². The van der Waals surface area contributed by atoms with Crippen LogP contribution in [0.3, 0.4) is 0 Å². The van der Waals surface area contributed by atoms with Crippen LogP contribution in [0.15, 0.2) is 6.20 Å². The smallest absolute Gasteiger partial charge is 0.111 e. The highest BCUT2D eigenvalue weighted by Gasteiger charge is 2.08. The van der Waals surface area contributed by atoms with Gasteiger partial charge in [-0.2, -0.15) is 0 Å². The monoisotopic (exact) mass is 155 g/mol. The zero-order chi connectivity index (χ0) is 8.10. The highest BCUT2D eigenvalue weighted by Crippen LogP contribution is 2.14. The molecule has 0 amide bonds. The molecule has 1 aromatic rings. The molecule has 1 unspecified atom stereocenters. The summed E-state index contributed by atoms with van der Waals surface area (Å²) < 4.78 is 0. The van der Waals surface area contributed by atoms with Gasteiger partial charge in [0.1, 0.15) is 5.69 Å². The number of H-pyrrole nitrogens is 1. The number of aromatic nitrogens is 3. The van der Waals surface area contributed by atoms with Gasteiger partial charge in [-0.3, -0.25) is 5.10 Å². The maximum absolute atomic E-state index is 9.42. The Labute approximate surface area is 65.6 Å². The number of hydrogen-bond donors (Lipinski definition) is 2. The lowest BCUT2D eigenvalue weighted by molar-refractivity contribution is 0.159. The van der Waals surface area contributed by atoms with Crippen LogP contribution in [0, 0.1) is 0 Å². The van der Waals surface area contributed by atoms with Gasteiger partial charge in [0.05, 0.1) is 6.10 Å². The van der Waals surface area contributed by atoms with E-state index >= 15 is 0 Å². The Morgan fingerprint density at radius 3 is 3.09 bits per heavy atom. The topological polar surface area (TPSA) is 61.8 Å². The molecule has 2 N–H and O–H groups in total. The SMILES string of the molecule is CCCCC(O)c1c[nH]nn1. The minimum absolute atomic E-state index is 0.450. The molecule has 0 aliphatic heterocycles. The van der Waals surface area contributed by atoms with E-state index in [2.05, 4.69) is 22.3 Å². The van der Waals surface area contributed by atoms with Crippen LogP contribution in [0.2, 0.25) is 0 Å². The summed E-state index contributed by atoms with van der Waals surface area (Å²) in [5.41, 5.74) is 0.637. The lowest BCUT2D eigenvalue weighted by Crippen LogP contribution is -1.97. The predicted molar refractivity (Wildman–Crippen MR) is 40.9 cm³/mol. The van der Waals surface area contributed by atoms with Crippen molar-refractivity contribution < 1.29 is 5.11 Å². The van der Waals surface area contributed by atoms with Crippen LogP contribution in [0.5, 0.6) is 0 Å². The third kappa shape index (κ3) is 2.31. The molecule has 0 aromatic carbocycles. The molecule has 1 atom stereocenters. The highest BCUT2D eigenvalue weighted by molar-refractivity contribution is 4.95. The Kier molecular flexibility index (Phi) is 3.04. The molecule has 1 rings (SSSR count). The van der Waals surface area contributed by atoms with E-state index in [1.54, 1.807) is 6.20 Å². The van der Waals surface area contributed by atoms with Crippen LogP contribution >= 0.6 is 0 Å². The molecule has 1 aromatic heterocycles. The molecular weight excluding hydrogens is 142 g/mol. The molecular formula is C7H13N3O. The summed E-state index contributed by atoms with van der Waals surface area (Å²) in [4.78, 5) is 0. The molecule has 0 saturated heterocycles. The zero-order valence-corrected chi connectivity index (χ0v) is 6.62.